The summed E-state index contributed by atoms with van der Waals surface area (Å²) in [5, 5.41) is 8.92. The molecule has 2 nitrogen and oxygen atoms in total. The van der Waals surface area contributed by atoms with Gasteiger partial charge in [-0.1, -0.05) is 29.8 Å². The number of aliphatic hydroxyl groups excluding tert-OH is 1. The molecule has 1 N–H and O–H groups in total. The quantitative estimate of drug-likeness (QED) is 0.740. The third-order valence-corrected chi connectivity index (χ3v) is 1.90. The molecular weight excluding hydrogens is 152 g/mol. The van der Waals surface area contributed by atoms with Gasteiger partial charge in [0.1, 0.15) is 6.10 Å². The number of hydrogen-bond donors (Lipinski definition) is 1. The van der Waals surface area contributed by atoms with E-state index in [4.69, 9.17) is 9.84 Å². The molecule has 2 heteroatoms. The largest absolute Gasteiger partial charge is 0.393 e. The summed E-state index contributed by atoms with van der Waals surface area (Å²) in [6.45, 7) is 2.06. The van der Waals surface area contributed by atoms with E-state index < -0.39 is 0 Å². The number of aliphatic hydroxyl groups is 1. The molecule has 0 radical (unpaired) electrons. The van der Waals surface area contributed by atoms with Gasteiger partial charge >= 0.3 is 0 Å². The predicted octanol–water partition coefficient (Wildman–Crippen LogP) is 1.67. The minimum Gasteiger partial charge on any atom is -0.393 e. The number of aryl methyl sites for hydroxylation is 1. The van der Waals surface area contributed by atoms with Crippen LogP contribution in [0.25, 0.3) is 0 Å². The molecule has 0 aromatic heterocycles. The Morgan fingerprint density at radius 2 is 1.92 bits per heavy atom. The molecular formula is C10H14O2. The molecule has 0 saturated heterocycles. The molecule has 0 fully saturated rings. The van der Waals surface area contributed by atoms with Crippen LogP contribution in [-0.4, -0.2) is 18.8 Å². The Labute approximate surface area is 72.8 Å². The van der Waals surface area contributed by atoms with Crippen LogP contribution in [0.4, 0.5) is 0 Å². The van der Waals surface area contributed by atoms with E-state index in [2.05, 4.69) is 0 Å². The van der Waals surface area contributed by atoms with E-state index in [0.29, 0.717) is 0 Å². The number of benzene rings is 1. The van der Waals surface area contributed by atoms with E-state index >= 15 is 0 Å². The summed E-state index contributed by atoms with van der Waals surface area (Å²) in [5.41, 5.74) is 2.23. The number of methoxy groups -OCH3 is 1. The molecule has 0 bridgehead atoms. The van der Waals surface area contributed by atoms with E-state index in [9.17, 15) is 0 Å². The van der Waals surface area contributed by atoms with Crippen LogP contribution in [0, 0.1) is 6.92 Å². The Morgan fingerprint density at radius 1 is 1.33 bits per heavy atom. The minimum atomic E-state index is -0.189. The van der Waals surface area contributed by atoms with Crippen LogP contribution in [0.3, 0.4) is 0 Å². The zero-order chi connectivity index (χ0) is 8.97. The van der Waals surface area contributed by atoms with Crippen LogP contribution in [-0.2, 0) is 4.74 Å². The van der Waals surface area contributed by atoms with Crippen molar-refractivity contribution in [3.63, 3.8) is 0 Å². The molecule has 1 rings (SSSR count). The first kappa shape index (κ1) is 9.23. The summed E-state index contributed by atoms with van der Waals surface area (Å²) in [5.74, 6) is 0. The Balaban J connectivity index is 2.80. The molecule has 0 saturated carbocycles. The van der Waals surface area contributed by atoms with E-state index in [1.807, 2.05) is 31.2 Å². The van der Waals surface area contributed by atoms with Gasteiger partial charge in [0.25, 0.3) is 0 Å². The minimum absolute atomic E-state index is 0.0273. The van der Waals surface area contributed by atoms with Gasteiger partial charge in [-0.3, -0.25) is 0 Å². The summed E-state index contributed by atoms with van der Waals surface area (Å²) in [6, 6.07) is 7.97. The molecule has 0 aliphatic heterocycles. The van der Waals surface area contributed by atoms with Gasteiger partial charge in [-0.15, -0.1) is 0 Å². The maximum atomic E-state index is 8.92. The molecule has 1 aromatic rings. The monoisotopic (exact) mass is 166 g/mol. The van der Waals surface area contributed by atoms with Gasteiger partial charge in [-0.2, -0.15) is 0 Å². The molecule has 1 aromatic carbocycles. The van der Waals surface area contributed by atoms with Crippen molar-refractivity contribution in [2.75, 3.05) is 13.7 Å². The van der Waals surface area contributed by atoms with Crippen molar-refractivity contribution in [1.29, 1.82) is 0 Å². The van der Waals surface area contributed by atoms with Crippen molar-refractivity contribution in [1.82, 2.24) is 0 Å². The van der Waals surface area contributed by atoms with Crippen LogP contribution in [0.2, 0.25) is 0 Å². The molecule has 0 unspecified atom stereocenters. The molecule has 0 aliphatic rings. The average molecular weight is 166 g/mol. The van der Waals surface area contributed by atoms with Crippen LogP contribution >= 0.6 is 0 Å². The molecule has 0 spiro atoms. The predicted molar refractivity (Wildman–Crippen MR) is 48.0 cm³/mol. The van der Waals surface area contributed by atoms with Crippen molar-refractivity contribution < 1.29 is 9.84 Å². The zero-order valence-electron chi connectivity index (χ0n) is 7.45. The fraction of sp³-hybridized carbons (Fsp3) is 0.400. The van der Waals surface area contributed by atoms with Gasteiger partial charge in [0.2, 0.25) is 0 Å². The summed E-state index contributed by atoms with van der Waals surface area (Å²) in [4.78, 5) is 0. The van der Waals surface area contributed by atoms with Gasteiger partial charge in [-0.25, -0.2) is 0 Å². The van der Waals surface area contributed by atoms with Gasteiger partial charge in [0, 0.05) is 7.11 Å². The molecule has 0 heterocycles. The van der Waals surface area contributed by atoms with Gasteiger partial charge in [0.15, 0.2) is 0 Å². The third-order valence-electron chi connectivity index (χ3n) is 1.90. The number of ether oxygens (including phenoxy) is 1. The topological polar surface area (TPSA) is 29.5 Å². The maximum Gasteiger partial charge on any atom is 0.105 e. The fourth-order valence-electron chi connectivity index (χ4n) is 1.10. The van der Waals surface area contributed by atoms with Gasteiger partial charge in [0.05, 0.1) is 6.61 Å². The summed E-state index contributed by atoms with van der Waals surface area (Å²) in [6.07, 6.45) is -0.189. The summed E-state index contributed by atoms with van der Waals surface area (Å²) >= 11 is 0. The Bertz CT molecular complexity index is 224. The lowest BCUT2D eigenvalue weighted by Gasteiger charge is -2.12. The molecule has 1 atom stereocenters. The lowest BCUT2D eigenvalue weighted by atomic mass is 10.1. The molecule has 0 amide bonds. The van der Waals surface area contributed by atoms with Crippen molar-refractivity contribution in [3.05, 3.63) is 35.4 Å². The lowest BCUT2D eigenvalue weighted by molar-refractivity contribution is 0.0484. The van der Waals surface area contributed by atoms with Gasteiger partial charge < -0.3 is 9.84 Å². The first-order chi connectivity index (χ1) is 5.77. The van der Waals surface area contributed by atoms with E-state index in [1.165, 1.54) is 5.56 Å². The summed E-state index contributed by atoms with van der Waals surface area (Å²) in [7, 11) is 1.60. The Hall–Kier alpha value is -0.860. The van der Waals surface area contributed by atoms with Crippen LogP contribution in [0.15, 0.2) is 24.3 Å². The van der Waals surface area contributed by atoms with Crippen LogP contribution in [0.1, 0.15) is 17.2 Å². The normalized spacial score (nSPS) is 12.9. The highest BCUT2D eigenvalue weighted by Crippen LogP contribution is 2.15. The van der Waals surface area contributed by atoms with Crippen molar-refractivity contribution in [3.8, 4) is 0 Å². The second kappa shape index (κ2) is 4.24. The maximum absolute atomic E-state index is 8.92. The Morgan fingerprint density at radius 3 is 2.33 bits per heavy atom. The SMILES string of the molecule is CO[C@@H](CO)c1ccc(C)cc1. The van der Waals surface area contributed by atoms with Crippen LogP contribution in [0.5, 0.6) is 0 Å². The highest BCUT2D eigenvalue weighted by molar-refractivity contribution is 5.23. The highest BCUT2D eigenvalue weighted by atomic mass is 16.5. The van der Waals surface area contributed by atoms with Crippen molar-refractivity contribution >= 4 is 0 Å². The smallest absolute Gasteiger partial charge is 0.105 e. The van der Waals surface area contributed by atoms with Gasteiger partial charge in [-0.05, 0) is 12.5 Å². The molecule has 0 aliphatic carbocycles. The fourth-order valence-corrected chi connectivity index (χ4v) is 1.10. The standard InChI is InChI=1S/C10H14O2/c1-8-3-5-9(6-4-8)10(7-11)12-2/h3-6,10-11H,7H2,1-2H3/t10-/m0/s1. The first-order valence-corrected chi connectivity index (χ1v) is 3.98. The Kier molecular flexibility index (Phi) is 3.26. The second-order valence-electron chi connectivity index (χ2n) is 2.82. The second-order valence-corrected chi connectivity index (χ2v) is 2.82. The van der Waals surface area contributed by atoms with Crippen molar-refractivity contribution in [2.45, 2.75) is 13.0 Å². The number of rotatable bonds is 3. The van der Waals surface area contributed by atoms with Crippen LogP contribution < -0.4 is 0 Å². The third kappa shape index (κ3) is 2.06. The number of hydrogen-bond acceptors (Lipinski definition) is 2. The summed E-state index contributed by atoms with van der Waals surface area (Å²) < 4.78 is 5.08. The van der Waals surface area contributed by atoms with E-state index in [0.717, 1.165) is 5.56 Å². The van der Waals surface area contributed by atoms with E-state index in [-0.39, 0.29) is 12.7 Å². The van der Waals surface area contributed by atoms with Crippen molar-refractivity contribution in [2.24, 2.45) is 0 Å². The average Bonchev–Trinajstić information content (AvgIpc) is 2.10. The lowest BCUT2D eigenvalue weighted by Crippen LogP contribution is -2.05. The highest BCUT2D eigenvalue weighted by Gasteiger charge is 2.06. The van der Waals surface area contributed by atoms with E-state index in [1.54, 1.807) is 7.11 Å². The zero-order valence-corrected chi connectivity index (χ0v) is 7.45. The first-order valence-electron chi connectivity index (χ1n) is 3.98. The molecule has 66 valence electrons. The molecule has 12 heavy (non-hydrogen) atoms.